The van der Waals surface area contributed by atoms with Gasteiger partial charge in [0.15, 0.2) is 0 Å². The number of carbonyl (C=O) groups excluding carboxylic acids is 10. The predicted molar refractivity (Wildman–Crippen MR) is 317 cm³/mol. The second-order valence-electron chi connectivity index (χ2n) is 21.6. The molecule has 22 N–H and O–H groups in total. The summed E-state index contributed by atoms with van der Waals surface area (Å²) >= 11 is 0. The van der Waals surface area contributed by atoms with Crippen LogP contribution in [0.1, 0.15) is 110 Å². The third-order valence-electron chi connectivity index (χ3n) is 14.1. The molecule has 1 aliphatic carbocycles. The zero-order chi connectivity index (χ0) is 61.6. The van der Waals surface area contributed by atoms with E-state index in [2.05, 4.69) is 53.2 Å². The number of hydrogen-bond donors (Lipinski definition) is 17. The molecule has 10 amide bonds. The summed E-state index contributed by atoms with van der Waals surface area (Å²) in [5.74, 6) is -7.36. The molecular weight excluding hydrogens is 1110 g/mol. The number of aliphatic hydroxyl groups excluding tert-OH is 2. The minimum absolute atomic E-state index is 0.0572. The first kappa shape index (κ1) is 71.6. The van der Waals surface area contributed by atoms with Crippen molar-refractivity contribution < 1.29 is 58.2 Å². The van der Waals surface area contributed by atoms with Crippen molar-refractivity contribution in [2.45, 2.75) is 184 Å². The quantitative estimate of drug-likeness (QED) is 0.0310. The highest BCUT2D eigenvalue weighted by atomic mass is 33.1. The fourth-order valence-corrected chi connectivity index (χ4v) is 11.7. The summed E-state index contributed by atoms with van der Waals surface area (Å²) in [5, 5.41) is 47.1. The molecule has 12 atom stereocenters. The molecule has 2 fully saturated rings. The van der Waals surface area contributed by atoms with Gasteiger partial charge in [-0.05, 0) is 102 Å². The summed E-state index contributed by atoms with van der Waals surface area (Å²) in [6, 6.07) is -5.74. The van der Waals surface area contributed by atoms with E-state index >= 15 is 0 Å². The highest BCUT2D eigenvalue weighted by Crippen LogP contribution is 2.30. The Hall–Kier alpha value is -5.66. The van der Waals surface area contributed by atoms with Crippen molar-refractivity contribution in [3.05, 3.63) is 35.9 Å². The summed E-state index contributed by atoms with van der Waals surface area (Å²) < 4.78 is 0. The lowest BCUT2D eigenvalue weighted by molar-refractivity contribution is -0.136. The summed E-state index contributed by atoms with van der Waals surface area (Å²) in [4.78, 5) is 140. The van der Waals surface area contributed by atoms with E-state index in [4.69, 9.17) is 28.7 Å². The van der Waals surface area contributed by atoms with Gasteiger partial charge < -0.3 is 92.0 Å². The summed E-state index contributed by atoms with van der Waals surface area (Å²) in [5.41, 5.74) is 30.4. The Morgan fingerprint density at radius 3 is 1.67 bits per heavy atom. The van der Waals surface area contributed by atoms with E-state index < -0.39 is 145 Å². The first-order chi connectivity index (χ1) is 39.5. The highest BCUT2D eigenvalue weighted by molar-refractivity contribution is 8.76. The molecule has 2 aliphatic rings. The van der Waals surface area contributed by atoms with Gasteiger partial charge in [0.25, 0.3) is 0 Å². The topological polar surface area (TPSA) is 462 Å². The van der Waals surface area contributed by atoms with Crippen LogP contribution in [0, 0.1) is 11.8 Å². The Bertz CT molecular complexity index is 2250. The minimum atomic E-state index is -1.67. The van der Waals surface area contributed by atoms with Gasteiger partial charge in [0.05, 0.1) is 18.2 Å². The average Bonchev–Trinajstić information content (AvgIpc) is 3.62. The third-order valence-corrected chi connectivity index (χ3v) is 16.6. The van der Waals surface area contributed by atoms with E-state index in [9.17, 15) is 58.2 Å². The molecular formula is C54H93N15O12S2. The van der Waals surface area contributed by atoms with Crippen LogP contribution in [0.2, 0.25) is 0 Å². The Morgan fingerprint density at radius 2 is 1.13 bits per heavy atom. The lowest BCUT2D eigenvalue weighted by atomic mass is 9.88. The molecule has 1 heterocycles. The molecule has 1 saturated heterocycles. The van der Waals surface area contributed by atoms with Crippen molar-refractivity contribution in [1.82, 2.24) is 53.2 Å². The van der Waals surface area contributed by atoms with Crippen molar-refractivity contribution in [2.75, 3.05) is 44.2 Å². The Labute approximate surface area is 494 Å². The van der Waals surface area contributed by atoms with Gasteiger partial charge in [-0.25, -0.2) is 0 Å². The van der Waals surface area contributed by atoms with Gasteiger partial charge in [-0.15, -0.1) is 0 Å². The monoisotopic (exact) mass is 1210 g/mol. The zero-order valence-electron chi connectivity index (χ0n) is 48.3. The zero-order valence-corrected chi connectivity index (χ0v) is 49.9. The van der Waals surface area contributed by atoms with Crippen LogP contribution in [0.4, 0.5) is 0 Å². The molecule has 27 nitrogen and oxygen atoms in total. The SMILES string of the molecule is CC(C)C[C@@H]1NC(=O)[C@@H](Cc2ccccc2)NC(=O)[C@H](CCN)NC(=O)[C@@H](NC(=O)[C@H](CCN)NC(=O)[C@@H](NC(=O)[C@H](N)CSSCCC2CCCCC2)[C@@H](C)O)CCNC(=O)[C@H]([C@@H](C)O)NC(=O)[C@H](CCN)NC(=O)[C@H](CCN)NC1=O. The lowest BCUT2D eigenvalue weighted by Gasteiger charge is -2.28. The van der Waals surface area contributed by atoms with Crippen LogP contribution in [0.3, 0.4) is 0 Å². The standard InChI is InChI=1S/C54H93N15O12S2/c1-30(2)27-41-51(78)63-36(15-21-55)46(73)62-39(18-24-58)50(77)69-43(31(3)70)53(80)60-25-19-40(49(76)61-37(16-22-56)48(75)67-42(52(79)66-41)28-34-13-9-6-10-14-34)64-47(74)38(17-23-57)65-54(81)44(32(4)71)68-45(72)35(59)29-83-82-26-20-33-11-7-5-8-12-33/h6,9-10,13-14,30-33,35-44,70-71H,5,7-8,11-12,15-29,55-59H2,1-4H3,(H,60,80)(H,61,76)(H,62,73)(H,63,78)(H,64,74)(H,65,81)(H,66,79)(H,67,75)(H,68,72)(H,69,77)/t31-,32-,35-,36+,37+,38+,39+,40+,41+,42-,43+,44+/m1/s1. The number of carbonyl (C=O) groups is 10. The smallest absolute Gasteiger partial charge is 0.245 e. The average molecular weight is 1210 g/mol. The number of nitrogens with one attached hydrogen (secondary N) is 10. The fraction of sp³-hybridized carbons (Fsp3) is 0.704. The van der Waals surface area contributed by atoms with Crippen LogP contribution in [-0.2, 0) is 54.4 Å². The van der Waals surface area contributed by atoms with E-state index in [1.807, 2.05) is 0 Å². The molecule has 1 aromatic carbocycles. The number of hydrogen-bond acceptors (Lipinski definition) is 19. The maximum absolute atomic E-state index is 14.5. The summed E-state index contributed by atoms with van der Waals surface area (Å²) in [7, 11) is 3.03. The van der Waals surface area contributed by atoms with Crippen LogP contribution in [0.25, 0.3) is 0 Å². The first-order valence-electron chi connectivity index (χ1n) is 28.7. The van der Waals surface area contributed by atoms with Crippen LogP contribution in [0.15, 0.2) is 30.3 Å². The number of benzene rings is 1. The number of amides is 10. The van der Waals surface area contributed by atoms with E-state index in [1.165, 1.54) is 56.7 Å². The fourth-order valence-electron chi connectivity index (χ4n) is 9.39. The molecule has 1 saturated carbocycles. The molecule has 0 bridgehead atoms. The van der Waals surface area contributed by atoms with Crippen LogP contribution < -0.4 is 81.8 Å². The Balaban J connectivity index is 2.01. The Morgan fingerprint density at radius 1 is 0.602 bits per heavy atom. The van der Waals surface area contributed by atoms with Crippen LogP contribution in [-0.4, -0.2) is 186 Å². The van der Waals surface area contributed by atoms with E-state index in [0.717, 1.165) is 12.2 Å². The van der Waals surface area contributed by atoms with E-state index in [-0.39, 0.29) is 76.4 Å². The highest BCUT2D eigenvalue weighted by Gasteiger charge is 2.37. The maximum Gasteiger partial charge on any atom is 0.245 e. The van der Waals surface area contributed by atoms with Gasteiger partial charge in [0.2, 0.25) is 59.1 Å². The molecule has 0 spiro atoms. The first-order valence-corrected chi connectivity index (χ1v) is 31.2. The van der Waals surface area contributed by atoms with Crippen molar-refractivity contribution in [3.63, 3.8) is 0 Å². The van der Waals surface area contributed by atoms with Crippen molar-refractivity contribution in [1.29, 1.82) is 0 Å². The Kier molecular flexibility index (Phi) is 33.1. The maximum atomic E-state index is 14.5. The van der Waals surface area contributed by atoms with Gasteiger partial charge in [0.1, 0.15) is 54.4 Å². The van der Waals surface area contributed by atoms with Gasteiger partial charge in [0, 0.05) is 24.5 Å². The molecule has 83 heavy (non-hydrogen) atoms. The summed E-state index contributed by atoms with van der Waals surface area (Å²) in [6.45, 7) is 5.02. The summed E-state index contributed by atoms with van der Waals surface area (Å²) in [6.07, 6.45) is 3.02. The van der Waals surface area contributed by atoms with Crippen LogP contribution in [0.5, 0.6) is 0 Å². The molecule has 0 aromatic heterocycles. The van der Waals surface area contributed by atoms with E-state index in [0.29, 0.717) is 11.5 Å². The van der Waals surface area contributed by atoms with Crippen molar-refractivity contribution in [3.8, 4) is 0 Å². The number of nitrogens with two attached hydrogens (primary N) is 5. The number of aliphatic hydroxyl groups is 2. The molecule has 3 rings (SSSR count). The van der Waals surface area contributed by atoms with E-state index in [1.54, 1.807) is 55.0 Å². The molecule has 468 valence electrons. The van der Waals surface area contributed by atoms with Crippen molar-refractivity contribution >= 4 is 80.7 Å². The lowest BCUT2D eigenvalue weighted by Crippen LogP contribution is -2.62. The molecule has 29 heteroatoms. The van der Waals surface area contributed by atoms with Crippen LogP contribution >= 0.6 is 21.6 Å². The molecule has 0 radical (unpaired) electrons. The third kappa shape index (κ3) is 25.6. The second-order valence-corrected chi connectivity index (χ2v) is 24.2. The van der Waals surface area contributed by atoms with Gasteiger partial charge in [-0.1, -0.05) is 97.9 Å². The van der Waals surface area contributed by atoms with Gasteiger partial charge in [-0.2, -0.15) is 0 Å². The second kappa shape index (κ2) is 38.3. The van der Waals surface area contributed by atoms with Crippen molar-refractivity contribution in [2.24, 2.45) is 40.5 Å². The van der Waals surface area contributed by atoms with Gasteiger partial charge >= 0.3 is 0 Å². The number of rotatable bonds is 26. The molecule has 1 aromatic rings. The normalized spacial score (nSPS) is 24.2. The minimum Gasteiger partial charge on any atom is -0.391 e. The van der Waals surface area contributed by atoms with Gasteiger partial charge in [-0.3, -0.25) is 47.9 Å². The predicted octanol–water partition coefficient (Wildman–Crippen LogP) is -4.01. The molecule has 1 aliphatic heterocycles. The largest absolute Gasteiger partial charge is 0.391 e. The molecule has 0 unspecified atom stereocenters.